The van der Waals surface area contributed by atoms with Crippen LogP contribution in [0.2, 0.25) is 0 Å². The molecule has 0 bridgehead atoms. The molecule has 0 fully saturated rings. The van der Waals surface area contributed by atoms with Gasteiger partial charge in [-0.3, -0.25) is 14.1 Å². The fourth-order valence-corrected chi connectivity index (χ4v) is 5.80. The van der Waals surface area contributed by atoms with E-state index in [1.807, 2.05) is 31.2 Å². The number of amides is 1. The van der Waals surface area contributed by atoms with E-state index in [9.17, 15) is 19.1 Å². The molecule has 1 aliphatic rings. The largest absolute Gasteiger partial charge is 0.491 e. The Morgan fingerprint density at radius 3 is 2.58 bits per heavy atom. The zero-order valence-electron chi connectivity index (χ0n) is 25.9. The van der Waals surface area contributed by atoms with Crippen molar-refractivity contribution in [3.63, 3.8) is 0 Å². The SMILES string of the molecule is Cc1c(OCCN(CCCF)C(=O)OC(C)(C)C)ccc(F)c1[C@@H]1c2[nH]c3ccccc3c2C[C@@H](C)N1CC(C)C(=O)O. The van der Waals surface area contributed by atoms with Gasteiger partial charge in [0.25, 0.3) is 0 Å². The minimum atomic E-state index is -0.912. The number of nitrogens with one attached hydrogen (secondary N) is 1. The second-order valence-electron chi connectivity index (χ2n) is 12.4. The summed E-state index contributed by atoms with van der Waals surface area (Å²) in [6, 6.07) is 10.3. The first-order valence-corrected chi connectivity index (χ1v) is 14.9. The van der Waals surface area contributed by atoms with Crippen LogP contribution >= 0.6 is 0 Å². The summed E-state index contributed by atoms with van der Waals surface area (Å²) < 4.78 is 40.4. The summed E-state index contributed by atoms with van der Waals surface area (Å²) in [6.45, 7) is 10.9. The van der Waals surface area contributed by atoms with Crippen LogP contribution in [0.4, 0.5) is 13.6 Å². The van der Waals surface area contributed by atoms with Crippen molar-refractivity contribution in [2.24, 2.45) is 5.92 Å². The summed E-state index contributed by atoms with van der Waals surface area (Å²) >= 11 is 0. The van der Waals surface area contributed by atoms with Gasteiger partial charge in [0.1, 0.15) is 23.8 Å². The molecule has 234 valence electrons. The maximum atomic E-state index is 15.9. The number of hydrogen-bond acceptors (Lipinski definition) is 5. The average molecular weight is 600 g/mol. The van der Waals surface area contributed by atoms with Crippen LogP contribution in [0.1, 0.15) is 69.5 Å². The standard InChI is InChI=1S/C33H43F2N3O5/c1-20(31(39)40)19-38-21(2)18-24-23-10-7-8-11-26(23)36-29(24)30(38)28-22(3)27(13-12-25(28)35)42-17-16-37(15-9-14-34)32(41)43-33(4,5)6/h7-8,10-13,20-21,30,36H,9,14-19H2,1-6H3,(H,39,40)/t20?,21-,30-/m1/s1. The average Bonchev–Trinajstić information content (AvgIpc) is 3.30. The highest BCUT2D eigenvalue weighted by molar-refractivity contribution is 5.85. The molecule has 2 N–H and O–H groups in total. The number of nitrogens with zero attached hydrogens (tertiary/aromatic N) is 2. The van der Waals surface area contributed by atoms with Crippen molar-refractivity contribution < 1.29 is 33.0 Å². The number of carboxylic acids is 1. The summed E-state index contributed by atoms with van der Waals surface area (Å²) in [4.78, 5) is 31.6. The Morgan fingerprint density at radius 2 is 1.91 bits per heavy atom. The maximum absolute atomic E-state index is 15.9. The van der Waals surface area contributed by atoms with Gasteiger partial charge >= 0.3 is 12.1 Å². The molecule has 43 heavy (non-hydrogen) atoms. The minimum Gasteiger partial charge on any atom is -0.491 e. The van der Waals surface area contributed by atoms with Crippen LogP contribution in [0, 0.1) is 18.7 Å². The second kappa shape index (κ2) is 13.3. The van der Waals surface area contributed by atoms with Crippen LogP contribution in [-0.2, 0) is 16.0 Å². The number of para-hydroxylation sites is 1. The summed E-state index contributed by atoms with van der Waals surface area (Å²) in [5.41, 5.74) is 3.19. The van der Waals surface area contributed by atoms with Gasteiger partial charge in [0.2, 0.25) is 0 Å². The molecule has 10 heteroatoms. The highest BCUT2D eigenvalue weighted by atomic mass is 19.1. The highest BCUT2D eigenvalue weighted by Crippen LogP contribution is 2.44. The lowest BCUT2D eigenvalue weighted by molar-refractivity contribution is -0.142. The van der Waals surface area contributed by atoms with E-state index in [1.54, 1.807) is 40.7 Å². The monoisotopic (exact) mass is 599 g/mol. The van der Waals surface area contributed by atoms with Crippen LogP contribution in [0.5, 0.6) is 5.75 Å². The Morgan fingerprint density at radius 1 is 1.19 bits per heavy atom. The molecule has 1 unspecified atom stereocenters. The van der Waals surface area contributed by atoms with Crippen LogP contribution in [0.15, 0.2) is 36.4 Å². The van der Waals surface area contributed by atoms with Crippen LogP contribution in [0.25, 0.3) is 10.9 Å². The first kappa shape index (κ1) is 32.3. The summed E-state index contributed by atoms with van der Waals surface area (Å²) in [6.07, 6.45) is 0.320. The number of alkyl halides is 1. The zero-order chi connectivity index (χ0) is 31.5. The Labute approximate surface area is 252 Å². The van der Waals surface area contributed by atoms with Gasteiger partial charge < -0.3 is 24.5 Å². The van der Waals surface area contributed by atoms with Crippen LogP contribution < -0.4 is 4.74 Å². The van der Waals surface area contributed by atoms with Crippen molar-refractivity contribution in [2.75, 3.05) is 32.9 Å². The molecule has 0 spiro atoms. The van der Waals surface area contributed by atoms with E-state index >= 15 is 4.39 Å². The molecule has 3 atom stereocenters. The molecule has 1 amide bonds. The number of ether oxygens (including phenoxy) is 2. The molecule has 2 aromatic carbocycles. The number of benzene rings is 2. The van der Waals surface area contributed by atoms with E-state index in [-0.39, 0.29) is 38.7 Å². The fourth-order valence-electron chi connectivity index (χ4n) is 5.80. The third-order valence-electron chi connectivity index (χ3n) is 7.94. The van der Waals surface area contributed by atoms with Crippen molar-refractivity contribution in [1.29, 1.82) is 0 Å². The van der Waals surface area contributed by atoms with E-state index in [0.29, 0.717) is 23.3 Å². The first-order valence-electron chi connectivity index (χ1n) is 14.9. The van der Waals surface area contributed by atoms with E-state index in [2.05, 4.69) is 9.88 Å². The molecule has 2 heterocycles. The maximum Gasteiger partial charge on any atom is 0.410 e. The quantitative estimate of drug-likeness (QED) is 0.256. The predicted molar refractivity (Wildman–Crippen MR) is 162 cm³/mol. The molecule has 4 rings (SSSR count). The number of aliphatic carboxylic acids is 1. The third-order valence-corrected chi connectivity index (χ3v) is 7.94. The molecule has 0 radical (unpaired) electrons. The first-order chi connectivity index (χ1) is 20.3. The summed E-state index contributed by atoms with van der Waals surface area (Å²) in [7, 11) is 0. The lowest BCUT2D eigenvalue weighted by Gasteiger charge is -2.42. The molecular weight excluding hydrogens is 556 g/mol. The fraction of sp³-hybridized carbons (Fsp3) is 0.515. The van der Waals surface area contributed by atoms with Crippen molar-refractivity contribution in [2.45, 2.75) is 72.1 Å². The smallest absolute Gasteiger partial charge is 0.410 e. The topological polar surface area (TPSA) is 95.1 Å². The van der Waals surface area contributed by atoms with Gasteiger partial charge in [-0.15, -0.1) is 0 Å². The van der Waals surface area contributed by atoms with Crippen molar-refractivity contribution in [1.82, 2.24) is 14.8 Å². The molecular formula is C33H43F2N3O5. The third kappa shape index (κ3) is 7.29. The van der Waals surface area contributed by atoms with E-state index in [4.69, 9.17) is 9.47 Å². The van der Waals surface area contributed by atoms with Gasteiger partial charge in [-0.25, -0.2) is 9.18 Å². The molecule has 1 aliphatic heterocycles. The molecule has 8 nitrogen and oxygen atoms in total. The van der Waals surface area contributed by atoms with Crippen molar-refractivity contribution in [3.05, 3.63) is 64.6 Å². The van der Waals surface area contributed by atoms with Gasteiger partial charge in [-0.1, -0.05) is 25.1 Å². The Balaban J connectivity index is 1.68. The predicted octanol–water partition coefficient (Wildman–Crippen LogP) is 6.65. The van der Waals surface area contributed by atoms with Gasteiger partial charge in [-0.05, 0) is 76.8 Å². The number of hydrogen-bond donors (Lipinski definition) is 2. The van der Waals surface area contributed by atoms with Gasteiger partial charge in [-0.2, -0.15) is 0 Å². The lowest BCUT2D eigenvalue weighted by atomic mass is 9.86. The Bertz CT molecular complexity index is 1450. The zero-order valence-corrected chi connectivity index (χ0v) is 25.9. The van der Waals surface area contributed by atoms with Crippen molar-refractivity contribution >= 4 is 23.0 Å². The molecule has 3 aromatic rings. The second-order valence-corrected chi connectivity index (χ2v) is 12.4. The highest BCUT2D eigenvalue weighted by Gasteiger charge is 2.39. The molecule has 0 saturated carbocycles. The van der Waals surface area contributed by atoms with E-state index < -0.39 is 42.1 Å². The van der Waals surface area contributed by atoms with E-state index in [0.717, 1.165) is 22.2 Å². The summed E-state index contributed by atoms with van der Waals surface area (Å²) in [5, 5.41) is 10.8. The Kier molecular flexibility index (Phi) is 10.00. The molecule has 1 aromatic heterocycles. The molecule has 0 aliphatic carbocycles. The number of H-pyrrole nitrogens is 1. The summed E-state index contributed by atoms with van der Waals surface area (Å²) in [5.74, 6) is -1.54. The number of halogens is 2. The van der Waals surface area contributed by atoms with E-state index in [1.165, 1.54) is 11.0 Å². The lowest BCUT2D eigenvalue weighted by Crippen LogP contribution is -2.46. The minimum absolute atomic E-state index is 0.0558. The number of fused-ring (bicyclic) bond motifs is 3. The molecule has 0 saturated heterocycles. The Hall–Kier alpha value is -3.66. The van der Waals surface area contributed by atoms with Gasteiger partial charge in [0, 0.05) is 41.3 Å². The van der Waals surface area contributed by atoms with Crippen LogP contribution in [-0.4, -0.2) is 76.5 Å². The number of rotatable bonds is 11. The number of carboxylic acid groups (broad SMARTS) is 1. The number of carbonyl (C=O) groups is 2. The van der Waals surface area contributed by atoms with Crippen LogP contribution in [0.3, 0.4) is 0 Å². The van der Waals surface area contributed by atoms with Gasteiger partial charge in [0.05, 0.1) is 25.2 Å². The normalized spacial score (nSPS) is 17.9. The number of carbonyl (C=O) groups excluding carboxylic acids is 1. The number of aromatic amines is 1. The van der Waals surface area contributed by atoms with Gasteiger partial charge in [0.15, 0.2) is 0 Å². The number of aromatic nitrogens is 1. The van der Waals surface area contributed by atoms with Crippen molar-refractivity contribution in [3.8, 4) is 5.75 Å².